The molecule has 1 amide bonds. The lowest BCUT2D eigenvalue weighted by Gasteiger charge is -2.19. The minimum Gasteiger partial charge on any atom is -0.481 e. The molecule has 32 heavy (non-hydrogen) atoms. The second kappa shape index (κ2) is 8.58. The van der Waals surface area contributed by atoms with Gasteiger partial charge in [0.05, 0.1) is 5.41 Å². The van der Waals surface area contributed by atoms with Crippen molar-refractivity contribution in [3.05, 3.63) is 77.5 Å². The summed E-state index contributed by atoms with van der Waals surface area (Å²) in [6.07, 6.45) is 1.54. The van der Waals surface area contributed by atoms with Crippen molar-refractivity contribution in [2.45, 2.75) is 25.8 Å². The van der Waals surface area contributed by atoms with Crippen molar-refractivity contribution in [2.24, 2.45) is 0 Å². The topological polar surface area (TPSA) is 107 Å². The minimum atomic E-state index is -0.988. The molecule has 0 fully saturated rings. The molecule has 8 heteroatoms. The molecule has 164 valence electrons. The summed E-state index contributed by atoms with van der Waals surface area (Å²) in [6.45, 7) is 3.72. The first-order valence-corrected chi connectivity index (χ1v) is 9.98. The molecule has 0 atom stereocenters. The molecular weight excluding hydrogens is 412 g/mol. The van der Waals surface area contributed by atoms with Crippen LogP contribution in [0.25, 0.3) is 0 Å². The van der Waals surface area contributed by atoms with Gasteiger partial charge in [-0.25, -0.2) is 4.98 Å². The van der Waals surface area contributed by atoms with Gasteiger partial charge in [0.2, 0.25) is 12.7 Å². The Balaban J connectivity index is 1.44. The highest BCUT2D eigenvalue weighted by Gasteiger charge is 2.29. The Morgan fingerprint density at radius 1 is 1.09 bits per heavy atom. The number of carboxylic acid groups (broad SMARTS) is 1. The van der Waals surface area contributed by atoms with E-state index < -0.39 is 11.4 Å². The van der Waals surface area contributed by atoms with E-state index in [9.17, 15) is 14.7 Å². The van der Waals surface area contributed by atoms with Gasteiger partial charge in [-0.05, 0) is 49.2 Å². The van der Waals surface area contributed by atoms with Crippen LogP contribution in [0, 0.1) is 0 Å². The highest BCUT2D eigenvalue weighted by atomic mass is 16.7. The lowest BCUT2D eigenvalue weighted by atomic mass is 9.84. The summed E-state index contributed by atoms with van der Waals surface area (Å²) in [6, 6.07) is 15.5. The number of hydrogen-bond donors (Lipinski definition) is 2. The number of aliphatic carboxylic acids is 1. The molecule has 2 N–H and O–H groups in total. The SMILES string of the molecule is CC(C)(C(=O)O)c1ccc(CNC(=O)c2cccnc2Oc2ccc3c(c2)OCO3)cc1. The maximum absolute atomic E-state index is 12.8. The van der Waals surface area contributed by atoms with Crippen LogP contribution in [0.2, 0.25) is 0 Å². The van der Waals surface area contributed by atoms with Crippen molar-refractivity contribution < 1.29 is 28.9 Å². The third kappa shape index (κ3) is 4.34. The molecule has 2 heterocycles. The number of nitrogens with one attached hydrogen (secondary N) is 1. The molecule has 2 aromatic carbocycles. The molecule has 0 aliphatic carbocycles. The monoisotopic (exact) mass is 434 g/mol. The molecule has 4 rings (SSSR count). The highest BCUT2D eigenvalue weighted by molar-refractivity contribution is 5.96. The number of carbonyl (C=O) groups excluding carboxylic acids is 1. The molecule has 0 saturated carbocycles. The van der Waals surface area contributed by atoms with Gasteiger partial charge in [0.1, 0.15) is 11.3 Å². The second-order valence-corrected chi connectivity index (χ2v) is 7.78. The molecular formula is C24H22N2O6. The number of hydrogen-bond acceptors (Lipinski definition) is 6. The van der Waals surface area contributed by atoms with Gasteiger partial charge in [-0.15, -0.1) is 0 Å². The van der Waals surface area contributed by atoms with Gasteiger partial charge in [0.15, 0.2) is 11.5 Å². The molecule has 1 aliphatic rings. The number of benzene rings is 2. The van der Waals surface area contributed by atoms with Gasteiger partial charge in [-0.1, -0.05) is 24.3 Å². The van der Waals surface area contributed by atoms with Gasteiger partial charge in [-0.3, -0.25) is 9.59 Å². The zero-order chi connectivity index (χ0) is 22.7. The third-order valence-electron chi connectivity index (χ3n) is 5.24. The van der Waals surface area contributed by atoms with E-state index in [2.05, 4.69) is 10.3 Å². The highest BCUT2D eigenvalue weighted by Crippen LogP contribution is 2.36. The number of rotatable bonds is 7. The van der Waals surface area contributed by atoms with Crippen LogP contribution < -0.4 is 19.5 Å². The van der Waals surface area contributed by atoms with Crippen LogP contribution in [-0.2, 0) is 16.8 Å². The molecule has 1 aliphatic heterocycles. The molecule has 8 nitrogen and oxygen atoms in total. The van der Waals surface area contributed by atoms with E-state index in [0.29, 0.717) is 22.8 Å². The lowest BCUT2D eigenvalue weighted by Crippen LogP contribution is -2.28. The van der Waals surface area contributed by atoms with Crippen LogP contribution in [-0.4, -0.2) is 28.8 Å². The van der Waals surface area contributed by atoms with Crippen molar-refractivity contribution in [3.8, 4) is 23.1 Å². The fraction of sp³-hybridized carbons (Fsp3) is 0.208. The van der Waals surface area contributed by atoms with Crippen LogP contribution in [0.15, 0.2) is 60.8 Å². The van der Waals surface area contributed by atoms with Crippen LogP contribution in [0.1, 0.15) is 35.3 Å². The number of fused-ring (bicyclic) bond motifs is 1. The van der Waals surface area contributed by atoms with Crippen molar-refractivity contribution in [1.82, 2.24) is 10.3 Å². The molecule has 0 bridgehead atoms. The molecule has 1 aromatic heterocycles. The summed E-state index contributed by atoms with van der Waals surface area (Å²) in [5.74, 6) is 0.600. The molecule has 0 saturated heterocycles. The van der Waals surface area contributed by atoms with E-state index in [4.69, 9.17) is 14.2 Å². The first kappa shape index (κ1) is 21.2. The number of carbonyl (C=O) groups is 2. The maximum atomic E-state index is 12.8. The Labute approximate surface area is 184 Å². The Morgan fingerprint density at radius 3 is 2.59 bits per heavy atom. The normalized spacial score (nSPS) is 12.3. The summed E-state index contributed by atoms with van der Waals surface area (Å²) in [7, 11) is 0. The van der Waals surface area contributed by atoms with Crippen LogP contribution in [0.4, 0.5) is 0 Å². The Bertz CT molecular complexity index is 1160. The van der Waals surface area contributed by atoms with E-state index >= 15 is 0 Å². The largest absolute Gasteiger partial charge is 0.481 e. The van der Waals surface area contributed by atoms with Gasteiger partial charge < -0.3 is 24.6 Å². The average Bonchev–Trinajstić information content (AvgIpc) is 3.26. The molecule has 0 spiro atoms. The number of aromatic nitrogens is 1. The summed E-state index contributed by atoms with van der Waals surface area (Å²) in [4.78, 5) is 28.4. The first-order chi connectivity index (χ1) is 15.3. The number of nitrogens with zero attached hydrogens (tertiary/aromatic N) is 1. The van der Waals surface area contributed by atoms with Crippen LogP contribution in [0.3, 0.4) is 0 Å². The summed E-state index contributed by atoms with van der Waals surface area (Å²) in [5.41, 5.74) is 0.823. The Kier molecular flexibility index (Phi) is 5.68. The maximum Gasteiger partial charge on any atom is 0.313 e. The van der Waals surface area contributed by atoms with Crippen molar-refractivity contribution in [3.63, 3.8) is 0 Å². The standard InChI is InChI=1S/C24H22N2O6/c1-24(2,23(28)29)16-7-5-15(6-8-16)13-26-21(27)18-4-3-11-25-22(18)32-17-9-10-19-20(12-17)31-14-30-19/h3-12H,13-14H2,1-2H3,(H,26,27)(H,28,29). The van der Waals surface area contributed by atoms with Gasteiger partial charge in [0, 0.05) is 18.8 Å². The summed E-state index contributed by atoms with van der Waals surface area (Å²) < 4.78 is 16.5. The fourth-order valence-corrected chi connectivity index (χ4v) is 3.14. The van der Waals surface area contributed by atoms with Crippen LogP contribution in [0.5, 0.6) is 23.1 Å². The number of ether oxygens (including phenoxy) is 3. The fourth-order valence-electron chi connectivity index (χ4n) is 3.14. The van der Waals surface area contributed by atoms with E-state index in [0.717, 1.165) is 5.56 Å². The molecule has 0 unspecified atom stereocenters. The number of carboxylic acids is 1. The molecule has 0 radical (unpaired) electrons. The number of amides is 1. The first-order valence-electron chi connectivity index (χ1n) is 9.98. The second-order valence-electron chi connectivity index (χ2n) is 7.78. The van der Waals surface area contributed by atoms with Crippen molar-refractivity contribution in [1.29, 1.82) is 0 Å². The number of pyridine rings is 1. The quantitative estimate of drug-likeness (QED) is 0.581. The van der Waals surface area contributed by atoms with Gasteiger partial charge in [-0.2, -0.15) is 0 Å². The summed E-state index contributed by atoms with van der Waals surface area (Å²) in [5, 5.41) is 12.2. The third-order valence-corrected chi connectivity index (χ3v) is 5.24. The molecule has 3 aromatic rings. The predicted molar refractivity (Wildman–Crippen MR) is 115 cm³/mol. The van der Waals surface area contributed by atoms with Gasteiger partial charge in [0.25, 0.3) is 5.91 Å². The average molecular weight is 434 g/mol. The lowest BCUT2D eigenvalue weighted by molar-refractivity contribution is -0.142. The van der Waals surface area contributed by atoms with Crippen molar-refractivity contribution in [2.75, 3.05) is 6.79 Å². The van der Waals surface area contributed by atoms with E-state index in [1.54, 1.807) is 74.6 Å². The van der Waals surface area contributed by atoms with Crippen molar-refractivity contribution >= 4 is 11.9 Å². The van der Waals surface area contributed by atoms with E-state index in [-0.39, 0.29) is 30.7 Å². The predicted octanol–water partition coefficient (Wildman–Crippen LogP) is 3.89. The zero-order valence-corrected chi connectivity index (χ0v) is 17.6. The zero-order valence-electron chi connectivity index (χ0n) is 17.6. The van der Waals surface area contributed by atoms with E-state index in [1.807, 2.05) is 0 Å². The smallest absolute Gasteiger partial charge is 0.313 e. The Hall–Kier alpha value is -4.07. The van der Waals surface area contributed by atoms with E-state index in [1.165, 1.54) is 0 Å². The van der Waals surface area contributed by atoms with Crippen LogP contribution >= 0.6 is 0 Å². The van der Waals surface area contributed by atoms with Gasteiger partial charge >= 0.3 is 5.97 Å². The summed E-state index contributed by atoms with van der Waals surface area (Å²) >= 11 is 0. The minimum absolute atomic E-state index is 0.158. The Morgan fingerprint density at radius 2 is 1.84 bits per heavy atom.